The van der Waals surface area contributed by atoms with Crippen molar-refractivity contribution in [2.75, 3.05) is 9.80 Å². The smallest absolute Gasteiger partial charge is 0.252 e. The van der Waals surface area contributed by atoms with Crippen LogP contribution in [0.3, 0.4) is 0 Å². The highest BCUT2D eigenvalue weighted by Crippen LogP contribution is 2.62. The number of hydrogen-bond acceptors (Lipinski definition) is 3. The summed E-state index contributed by atoms with van der Waals surface area (Å²) in [4.78, 5) is 5.53. The van der Waals surface area contributed by atoms with Crippen LogP contribution in [0.5, 0.6) is 0 Å². The second-order valence-electron chi connectivity index (χ2n) is 26.1. The van der Waals surface area contributed by atoms with Gasteiger partial charge in [0.05, 0.1) is 11.1 Å². The third kappa shape index (κ3) is 5.65. The summed E-state index contributed by atoms with van der Waals surface area (Å²) < 4.78 is 9.57. The van der Waals surface area contributed by atoms with E-state index in [1.54, 1.807) is 0 Å². The lowest BCUT2D eigenvalue weighted by molar-refractivity contribution is 0.195. The molecule has 5 aliphatic rings. The van der Waals surface area contributed by atoms with Crippen LogP contribution in [0.2, 0.25) is 0 Å². The fraction of sp³-hybridized carbons (Fsp3) is 0.406. The van der Waals surface area contributed by atoms with Gasteiger partial charge in [0.1, 0.15) is 11.1 Å². The molecular formula is C64H70BN3O. The SMILES string of the molecule is Cc1cc2c3c(c1)-n1c4c(cc(C(C)(C)C)cc4c4oc5ccccc5c41)B3c1ccc(N3c4ccc(C(C)(C)C)cc4C4(C)CCCCC34C)cc1N2c1cc2c(cc1C)C(C)(C)CCC2(C)C. The fourth-order valence-corrected chi connectivity index (χ4v) is 14.5. The number of nitrogens with zero attached hydrogens (tertiary/aromatic N) is 3. The predicted octanol–water partition coefficient (Wildman–Crippen LogP) is 15.4. The van der Waals surface area contributed by atoms with Gasteiger partial charge in [0.15, 0.2) is 5.58 Å². The summed E-state index contributed by atoms with van der Waals surface area (Å²) in [5.41, 5.74) is 26.3. The van der Waals surface area contributed by atoms with Crippen LogP contribution in [-0.4, -0.2) is 16.8 Å². The van der Waals surface area contributed by atoms with E-state index >= 15 is 0 Å². The third-order valence-corrected chi connectivity index (χ3v) is 18.8. The van der Waals surface area contributed by atoms with Gasteiger partial charge in [-0.2, -0.15) is 0 Å². The van der Waals surface area contributed by atoms with Gasteiger partial charge in [-0.1, -0.05) is 131 Å². The van der Waals surface area contributed by atoms with Crippen LogP contribution in [0.15, 0.2) is 101 Å². The molecule has 1 fully saturated rings. The molecule has 350 valence electrons. The standard InChI is InChI=1S/C64H70BN3O/c1-37-29-52-55-53(30-37)67-56-43(58-57(67)42-19-15-16-20-54(42)69-58)32-40(60(6,7)8)34-48(56)65(55)47-23-22-41(35-51(47)66(52)50-36-45-44(31-38(50)2)61(9,10)27-28-62(45,11)12)68-49-24-21-39(59(3,4)5)33-46(49)63(13)25-17-18-26-64(63,68)14/h15-16,19-24,29-36H,17-18,25-28H2,1-14H3. The van der Waals surface area contributed by atoms with Gasteiger partial charge >= 0.3 is 0 Å². The minimum Gasteiger partial charge on any atom is -0.454 e. The molecule has 0 radical (unpaired) electrons. The van der Waals surface area contributed by atoms with Gasteiger partial charge in [-0.05, 0) is 178 Å². The van der Waals surface area contributed by atoms with Crippen molar-refractivity contribution >= 4 is 84.5 Å². The fourth-order valence-electron chi connectivity index (χ4n) is 14.5. The molecule has 0 saturated heterocycles. The van der Waals surface area contributed by atoms with E-state index < -0.39 is 0 Å². The van der Waals surface area contributed by atoms with E-state index in [0.717, 1.165) is 23.0 Å². The van der Waals surface area contributed by atoms with Crippen molar-refractivity contribution in [3.8, 4) is 5.69 Å². The first-order chi connectivity index (χ1) is 32.5. The lowest BCUT2D eigenvalue weighted by Gasteiger charge is -2.50. The van der Waals surface area contributed by atoms with Gasteiger partial charge in [-0.15, -0.1) is 0 Å². The molecule has 2 atom stereocenters. The Morgan fingerprint density at radius 1 is 0.551 bits per heavy atom. The molecule has 2 unspecified atom stereocenters. The Bertz CT molecular complexity index is 3570. The maximum atomic E-state index is 6.97. The molecule has 6 aromatic carbocycles. The quantitative estimate of drug-likeness (QED) is 0.162. The van der Waals surface area contributed by atoms with E-state index in [0.29, 0.717) is 0 Å². The van der Waals surface area contributed by atoms with Crippen molar-refractivity contribution in [1.29, 1.82) is 0 Å². The van der Waals surface area contributed by atoms with Gasteiger partial charge in [0.25, 0.3) is 6.71 Å². The summed E-state index contributed by atoms with van der Waals surface area (Å²) in [7, 11) is 0. The zero-order chi connectivity index (χ0) is 48.3. The average molecular weight is 908 g/mol. The molecule has 5 heterocycles. The topological polar surface area (TPSA) is 24.6 Å². The molecule has 0 amide bonds. The van der Waals surface area contributed by atoms with E-state index in [9.17, 15) is 0 Å². The maximum Gasteiger partial charge on any atom is 0.252 e. The van der Waals surface area contributed by atoms with Crippen LogP contribution in [0.4, 0.5) is 28.4 Å². The Hall–Kier alpha value is -5.68. The van der Waals surface area contributed by atoms with E-state index in [1.807, 2.05) is 0 Å². The van der Waals surface area contributed by atoms with Gasteiger partial charge in [-0.3, -0.25) is 0 Å². The molecule has 0 N–H and O–H groups in total. The molecule has 5 heteroatoms. The molecule has 2 aliphatic carbocycles. The van der Waals surface area contributed by atoms with Crippen LogP contribution in [-0.2, 0) is 27.1 Å². The zero-order valence-corrected chi connectivity index (χ0v) is 43.8. The average Bonchev–Trinajstić information content (AvgIpc) is 3.89. The summed E-state index contributed by atoms with van der Waals surface area (Å²) in [5, 5.41) is 2.37. The molecule has 8 aromatic rings. The number of aryl methyl sites for hydroxylation is 2. The lowest BCUT2D eigenvalue weighted by Crippen LogP contribution is -2.61. The highest BCUT2D eigenvalue weighted by molar-refractivity contribution is 7.00. The third-order valence-electron chi connectivity index (χ3n) is 18.8. The van der Waals surface area contributed by atoms with Crippen LogP contribution in [0.1, 0.15) is 161 Å². The number of para-hydroxylation sites is 1. The van der Waals surface area contributed by atoms with Gasteiger partial charge in [0, 0.05) is 50.3 Å². The Labute approximate surface area is 411 Å². The van der Waals surface area contributed by atoms with Crippen LogP contribution in [0.25, 0.3) is 38.7 Å². The van der Waals surface area contributed by atoms with Gasteiger partial charge in [-0.25, -0.2) is 0 Å². The lowest BCUT2D eigenvalue weighted by atomic mass is 9.33. The second-order valence-corrected chi connectivity index (χ2v) is 26.1. The molecule has 13 rings (SSSR count). The van der Waals surface area contributed by atoms with Crippen molar-refractivity contribution in [3.05, 3.63) is 136 Å². The number of furan rings is 1. The number of hydrogen-bond donors (Lipinski definition) is 0. The van der Waals surface area contributed by atoms with Gasteiger partial charge < -0.3 is 18.8 Å². The van der Waals surface area contributed by atoms with E-state index in [1.165, 1.54) is 138 Å². The maximum absolute atomic E-state index is 6.97. The van der Waals surface area contributed by atoms with Crippen molar-refractivity contribution < 1.29 is 4.42 Å². The summed E-state index contributed by atoms with van der Waals surface area (Å²) in [6, 6.07) is 39.0. The number of fused-ring (bicyclic) bond motifs is 13. The molecule has 0 spiro atoms. The first kappa shape index (κ1) is 43.4. The Balaban J connectivity index is 1.15. The Kier molecular flexibility index (Phi) is 8.54. The molecule has 4 nitrogen and oxygen atoms in total. The summed E-state index contributed by atoms with van der Waals surface area (Å²) in [5.74, 6) is 0. The van der Waals surface area contributed by atoms with Crippen LogP contribution in [0, 0.1) is 13.8 Å². The monoisotopic (exact) mass is 908 g/mol. The number of benzene rings is 6. The number of rotatable bonds is 2. The molecule has 3 aliphatic heterocycles. The zero-order valence-electron chi connectivity index (χ0n) is 43.8. The van der Waals surface area contributed by atoms with E-state index in [4.69, 9.17) is 4.42 Å². The minimum atomic E-state index is -0.0768. The highest BCUT2D eigenvalue weighted by atomic mass is 16.3. The largest absolute Gasteiger partial charge is 0.454 e. The highest BCUT2D eigenvalue weighted by Gasteiger charge is 2.58. The summed E-state index contributed by atoms with van der Waals surface area (Å²) >= 11 is 0. The van der Waals surface area contributed by atoms with E-state index in [-0.39, 0.29) is 39.3 Å². The van der Waals surface area contributed by atoms with Crippen LogP contribution >= 0.6 is 0 Å². The molecule has 69 heavy (non-hydrogen) atoms. The summed E-state index contributed by atoms with van der Waals surface area (Å²) in [6.07, 6.45) is 7.25. The second kappa shape index (κ2) is 13.6. The van der Waals surface area contributed by atoms with Crippen molar-refractivity contribution in [2.45, 2.75) is 168 Å². The first-order valence-electron chi connectivity index (χ1n) is 26.2. The van der Waals surface area contributed by atoms with E-state index in [2.05, 4.69) is 208 Å². The van der Waals surface area contributed by atoms with Crippen LogP contribution < -0.4 is 26.2 Å². The minimum absolute atomic E-state index is 0.0162. The van der Waals surface area contributed by atoms with Gasteiger partial charge in [0.2, 0.25) is 0 Å². The van der Waals surface area contributed by atoms with Crippen molar-refractivity contribution in [2.24, 2.45) is 0 Å². The molecular weight excluding hydrogens is 838 g/mol. The Morgan fingerprint density at radius 3 is 1.99 bits per heavy atom. The number of aromatic nitrogens is 1. The predicted molar refractivity (Wildman–Crippen MR) is 295 cm³/mol. The van der Waals surface area contributed by atoms with Crippen molar-refractivity contribution in [1.82, 2.24) is 4.57 Å². The Morgan fingerprint density at radius 2 is 1.25 bits per heavy atom. The molecule has 0 bridgehead atoms. The molecule has 1 saturated carbocycles. The van der Waals surface area contributed by atoms with Crippen molar-refractivity contribution in [3.63, 3.8) is 0 Å². The number of anilines is 5. The first-order valence-corrected chi connectivity index (χ1v) is 26.2. The normalized spacial score (nSPS) is 22.0. The molecule has 2 aromatic heterocycles. The summed E-state index contributed by atoms with van der Waals surface area (Å²) in [6.45, 7) is 33.9.